The highest BCUT2D eigenvalue weighted by atomic mass is 15.1. The molecular weight excluding hydrogens is 567 g/mol. The summed E-state index contributed by atoms with van der Waals surface area (Å²) in [4.78, 5) is 2.51. The van der Waals surface area contributed by atoms with E-state index in [1.165, 1.54) is 61.6 Å². The number of hydrogen-bond donors (Lipinski definition) is 0. The Labute approximate surface area is 284 Å². The van der Waals surface area contributed by atoms with Crippen molar-refractivity contribution in [2.24, 2.45) is 0 Å². The second-order valence-electron chi connectivity index (χ2n) is 14.2. The minimum absolute atomic E-state index is 0.0301. The van der Waals surface area contributed by atoms with Crippen molar-refractivity contribution in [3.63, 3.8) is 0 Å². The maximum atomic E-state index is 2.51. The first-order valence-corrected chi connectivity index (χ1v) is 17.7. The number of unbranched alkanes of at least 4 members (excludes halogenated alkanes) is 1. The van der Waals surface area contributed by atoms with Gasteiger partial charge in [-0.2, -0.15) is 0 Å². The summed E-state index contributed by atoms with van der Waals surface area (Å²) in [6.45, 7) is 11.6. The van der Waals surface area contributed by atoms with E-state index in [4.69, 9.17) is 0 Å². The van der Waals surface area contributed by atoms with Gasteiger partial charge < -0.3 is 4.90 Å². The van der Waals surface area contributed by atoms with Crippen LogP contribution in [0.3, 0.4) is 0 Å². The Bertz CT molecular complexity index is 1800. The van der Waals surface area contributed by atoms with E-state index in [0.717, 1.165) is 44.9 Å². The largest absolute Gasteiger partial charge is 0.311 e. The lowest BCUT2D eigenvalue weighted by Gasteiger charge is -2.33. The van der Waals surface area contributed by atoms with Crippen molar-refractivity contribution >= 4 is 22.5 Å². The van der Waals surface area contributed by atoms with Gasteiger partial charge in [0.25, 0.3) is 0 Å². The molecule has 3 aliphatic carbocycles. The topological polar surface area (TPSA) is 3.24 Å². The summed E-state index contributed by atoms with van der Waals surface area (Å²) in [7, 11) is 0. The van der Waals surface area contributed by atoms with Crippen LogP contribution in [0.5, 0.6) is 0 Å². The molecule has 1 atom stereocenters. The predicted molar refractivity (Wildman–Crippen MR) is 205 cm³/mol. The molecule has 0 saturated carbocycles. The Balaban J connectivity index is 1.49. The van der Waals surface area contributed by atoms with Crippen molar-refractivity contribution in [3.8, 4) is 0 Å². The first-order chi connectivity index (χ1) is 22.8. The molecule has 1 unspecified atom stereocenters. The molecule has 0 amide bonds. The van der Waals surface area contributed by atoms with Gasteiger partial charge in [0.2, 0.25) is 0 Å². The molecule has 6 rings (SSSR count). The molecule has 0 spiro atoms. The molecule has 3 aliphatic rings. The van der Waals surface area contributed by atoms with Crippen LogP contribution in [-0.4, -0.2) is 0 Å². The van der Waals surface area contributed by atoms with Gasteiger partial charge in [0, 0.05) is 23.0 Å². The monoisotopic (exact) mass is 617 g/mol. The van der Waals surface area contributed by atoms with Crippen LogP contribution in [0, 0.1) is 0 Å². The molecule has 1 nitrogen and oxygen atoms in total. The van der Waals surface area contributed by atoms with E-state index in [9.17, 15) is 0 Å². The molecule has 47 heavy (non-hydrogen) atoms. The molecule has 0 aliphatic heterocycles. The number of anilines is 2. The van der Waals surface area contributed by atoms with Crippen LogP contribution in [-0.2, 0) is 11.8 Å². The highest BCUT2D eigenvalue weighted by Gasteiger charge is 2.26. The normalized spacial score (nSPS) is 20.5. The van der Waals surface area contributed by atoms with Gasteiger partial charge in [-0.15, -0.1) is 0 Å². The Morgan fingerprint density at radius 3 is 2.45 bits per heavy atom. The highest BCUT2D eigenvalue weighted by molar-refractivity contribution is 5.84. The zero-order valence-electron chi connectivity index (χ0n) is 29.1. The summed E-state index contributed by atoms with van der Waals surface area (Å²) >= 11 is 0. The van der Waals surface area contributed by atoms with E-state index >= 15 is 0 Å². The third-order valence-corrected chi connectivity index (χ3v) is 10.1. The average molecular weight is 618 g/mol. The predicted octanol–water partition coefficient (Wildman–Crippen LogP) is 13.1. The fourth-order valence-corrected chi connectivity index (χ4v) is 7.22. The zero-order chi connectivity index (χ0) is 32.8. The van der Waals surface area contributed by atoms with Crippen molar-refractivity contribution in [1.29, 1.82) is 0 Å². The maximum absolute atomic E-state index is 2.51. The number of rotatable bonds is 8. The second kappa shape index (κ2) is 14.6. The van der Waals surface area contributed by atoms with Gasteiger partial charge in [0.15, 0.2) is 0 Å². The van der Waals surface area contributed by atoms with E-state index < -0.39 is 0 Å². The first-order valence-electron chi connectivity index (χ1n) is 17.7. The molecule has 0 N–H and O–H groups in total. The molecular formula is C46H51N. The van der Waals surface area contributed by atoms with Crippen LogP contribution in [0.1, 0.15) is 107 Å². The molecule has 3 aromatic rings. The van der Waals surface area contributed by atoms with Crippen molar-refractivity contribution in [2.45, 2.75) is 90.9 Å². The van der Waals surface area contributed by atoms with Crippen LogP contribution in [0.15, 0.2) is 139 Å². The van der Waals surface area contributed by atoms with Gasteiger partial charge in [-0.05, 0) is 127 Å². The highest BCUT2D eigenvalue weighted by Crippen LogP contribution is 2.42. The van der Waals surface area contributed by atoms with Gasteiger partial charge in [0.05, 0.1) is 0 Å². The molecule has 240 valence electrons. The minimum Gasteiger partial charge on any atom is -0.311 e. The van der Waals surface area contributed by atoms with E-state index in [1.807, 2.05) is 0 Å². The lowest BCUT2D eigenvalue weighted by molar-refractivity contribution is 0.530. The fraction of sp³-hybridized carbons (Fsp3) is 0.304. The minimum atomic E-state index is 0.0301. The summed E-state index contributed by atoms with van der Waals surface area (Å²) in [6.07, 6.45) is 30.7. The van der Waals surface area contributed by atoms with Crippen molar-refractivity contribution < 1.29 is 0 Å². The number of fused-ring (bicyclic) bond motifs is 1. The standard InChI is InChI=1S/C46H51N/c1-6-7-15-35(3)44-32-41(29-30-43(44)38-21-19-34(2)20-22-38)47(40-26-23-37(24-27-40)36-16-12-10-13-17-36)42-28-25-39-18-11-8-9-14-31-46(4,5)45(39)33-42/h8-17,19,21,23,25-30,32-33,37H,6-7,18,20,22,24,31H2,1-5H3/b11-8-,14-9-,35-15+. The van der Waals surface area contributed by atoms with Crippen LogP contribution < -0.4 is 4.90 Å². The van der Waals surface area contributed by atoms with Gasteiger partial charge in [-0.3, -0.25) is 0 Å². The van der Waals surface area contributed by atoms with Gasteiger partial charge in [-0.25, -0.2) is 0 Å². The fourth-order valence-electron chi connectivity index (χ4n) is 7.22. The average Bonchev–Trinajstić information content (AvgIpc) is 3.17. The van der Waals surface area contributed by atoms with Gasteiger partial charge in [-0.1, -0.05) is 130 Å². The van der Waals surface area contributed by atoms with Crippen molar-refractivity contribution in [3.05, 3.63) is 167 Å². The molecule has 0 aromatic heterocycles. The molecule has 0 radical (unpaired) electrons. The number of allylic oxidation sites excluding steroid dienone is 13. The smallest absolute Gasteiger partial charge is 0.0467 e. The lowest BCUT2D eigenvalue weighted by Crippen LogP contribution is -2.21. The maximum Gasteiger partial charge on any atom is 0.0467 e. The second-order valence-corrected chi connectivity index (χ2v) is 14.2. The Morgan fingerprint density at radius 1 is 0.915 bits per heavy atom. The van der Waals surface area contributed by atoms with Gasteiger partial charge >= 0.3 is 0 Å². The third kappa shape index (κ3) is 7.46. The van der Waals surface area contributed by atoms with Crippen LogP contribution in [0.25, 0.3) is 11.1 Å². The van der Waals surface area contributed by atoms with Crippen LogP contribution in [0.2, 0.25) is 0 Å². The quantitative estimate of drug-likeness (QED) is 0.243. The SMILES string of the molecule is CCC/C=C(\C)c1cc(N(C2=CCC(c3ccccc3)C=C2)c2ccc3c(c2)C(C)(C)C/C=C\C=C/C3)ccc1C1=CC=C(C)CC1. The molecule has 0 fully saturated rings. The third-order valence-electron chi connectivity index (χ3n) is 10.1. The Kier molecular flexibility index (Phi) is 10.1. The summed E-state index contributed by atoms with van der Waals surface area (Å²) in [5.74, 6) is 0.394. The summed E-state index contributed by atoms with van der Waals surface area (Å²) in [6, 6.07) is 25.3. The Morgan fingerprint density at radius 2 is 1.70 bits per heavy atom. The summed E-state index contributed by atoms with van der Waals surface area (Å²) in [5.41, 5.74) is 14.9. The van der Waals surface area contributed by atoms with Crippen molar-refractivity contribution in [2.75, 3.05) is 4.90 Å². The number of nitrogens with zero attached hydrogens (tertiary/aromatic N) is 1. The molecule has 0 heterocycles. The number of benzene rings is 3. The lowest BCUT2D eigenvalue weighted by atomic mass is 9.78. The van der Waals surface area contributed by atoms with E-state index in [0.29, 0.717) is 5.92 Å². The number of hydrogen-bond acceptors (Lipinski definition) is 1. The van der Waals surface area contributed by atoms with Gasteiger partial charge in [0.1, 0.15) is 0 Å². The van der Waals surface area contributed by atoms with Crippen molar-refractivity contribution in [1.82, 2.24) is 0 Å². The molecule has 1 heteroatoms. The van der Waals surface area contributed by atoms with Crippen LogP contribution >= 0.6 is 0 Å². The molecule has 0 bridgehead atoms. The Hall–Kier alpha value is -4.36. The van der Waals surface area contributed by atoms with E-state index in [2.05, 4.69) is 167 Å². The van der Waals surface area contributed by atoms with E-state index in [-0.39, 0.29) is 5.41 Å². The molecule has 0 saturated heterocycles. The summed E-state index contributed by atoms with van der Waals surface area (Å²) in [5, 5.41) is 0. The first kappa shape index (κ1) is 32.6. The zero-order valence-corrected chi connectivity index (χ0v) is 29.1. The molecule has 3 aromatic carbocycles. The summed E-state index contributed by atoms with van der Waals surface area (Å²) < 4.78 is 0. The van der Waals surface area contributed by atoms with Crippen LogP contribution in [0.4, 0.5) is 11.4 Å². The van der Waals surface area contributed by atoms with E-state index in [1.54, 1.807) is 0 Å².